The number of piperazine rings is 1. The minimum absolute atomic E-state index is 0.0441. The van der Waals surface area contributed by atoms with Gasteiger partial charge in [0.15, 0.2) is 0 Å². The van der Waals surface area contributed by atoms with E-state index < -0.39 is 11.6 Å². The predicted octanol–water partition coefficient (Wildman–Crippen LogP) is 3.43. The van der Waals surface area contributed by atoms with Gasteiger partial charge in [-0.3, -0.25) is 9.78 Å². The fourth-order valence-electron chi connectivity index (χ4n) is 3.57. The van der Waals surface area contributed by atoms with Crippen LogP contribution in [0.25, 0.3) is 22.5 Å². The molecule has 1 saturated heterocycles. The van der Waals surface area contributed by atoms with Crippen LogP contribution in [0.1, 0.15) is 0 Å². The molecule has 3 heterocycles. The van der Waals surface area contributed by atoms with Crippen molar-refractivity contribution in [3.05, 3.63) is 59.5 Å². The average Bonchev–Trinajstić information content (AvgIpc) is 2.80. The van der Waals surface area contributed by atoms with E-state index in [1.165, 1.54) is 25.4 Å². The summed E-state index contributed by atoms with van der Waals surface area (Å²) in [5, 5.41) is 0.331. The highest BCUT2D eigenvalue weighted by molar-refractivity contribution is 6.33. The van der Waals surface area contributed by atoms with E-state index in [9.17, 15) is 13.6 Å². The van der Waals surface area contributed by atoms with E-state index >= 15 is 0 Å². The third-order valence-corrected chi connectivity index (χ3v) is 5.50. The van der Waals surface area contributed by atoms with Crippen LogP contribution < -0.4 is 4.90 Å². The van der Waals surface area contributed by atoms with Crippen molar-refractivity contribution in [2.75, 3.05) is 44.8 Å². The van der Waals surface area contributed by atoms with Crippen molar-refractivity contribution in [1.29, 1.82) is 0 Å². The molecule has 2 aromatic heterocycles. The Morgan fingerprint density at radius 3 is 2.56 bits per heavy atom. The first-order valence-corrected chi connectivity index (χ1v) is 10.3. The number of nitrogens with zero attached hydrogens (tertiary/aromatic N) is 5. The largest absolute Gasteiger partial charge is 0.375 e. The van der Waals surface area contributed by atoms with Crippen LogP contribution in [0, 0.1) is 11.6 Å². The Balaban J connectivity index is 1.70. The summed E-state index contributed by atoms with van der Waals surface area (Å²) in [6.07, 6.45) is 4.57. The molecule has 0 unspecified atom stereocenters. The van der Waals surface area contributed by atoms with E-state index in [0.29, 0.717) is 48.3 Å². The number of carbonyl (C=O) groups is 1. The Morgan fingerprint density at radius 1 is 1.09 bits per heavy atom. The number of hydrogen-bond acceptors (Lipinski definition) is 6. The number of halogens is 3. The minimum Gasteiger partial charge on any atom is -0.375 e. The quantitative estimate of drug-likeness (QED) is 0.582. The maximum absolute atomic E-state index is 14.6. The zero-order valence-electron chi connectivity index (χ0n) is 17.3. The van der Waals surface area contributed by atoms with Gasteiger partial charge in [0.25, 0.3) is 0 Å². The van der Waals surface area contributed by atoms with Gasteiger partial charge in [-0.15, -0.1) is 0 Å². The van der Waals surface area contributed by atoms with Gasteiger partial charge in [0.1, 0.15) is 29.8 Å². The van der Waals surface area contributed by atoms with Crippen LogP contribution in [-0.2, 0) is 9.53 Å². The second-order valence-corrected chi connectivity index (χ2v) is 7.61. The lowest BCUT2D eigenvalue weighted by atomic mass is 10.0. The highest BCUT2D eigenvalue weighted by atomic mass is 35.5. The number of amides is 1. The lowest BCUT2D eigenvalue weighted by molar-refractivity contribution is -0.135. The van der Waals surface area contributed by atoms with Crippen molar-refractivity contribution in [3.63, 3.8) is 0 Å². The Kier molecular flexibility index (Phi) is 6.57. The van der Waals surface area contributed by atoms with Gasteiger partial charge in [0, 0.05) is 62.9 Å². The van der Waals surface area contributed by atoms with Crippen molar-refractivity contribution in [2.45, 2.75) is 0 Å². The van der Waals surface area contributed by atoms with Gasteiger partial charge in [-0.05, 0) is 18.2 Å². The lowest BCUT2D eigenvalue weighted by Crippen LogP contribution is -2.50. The van der Waals surface area contributed by atoms with Crippen molar-refractivity contribution >= 4 is 23.3 Å². The van der Waals surface area contributed by atoms with Crippen molar-refractivity contribution in [1.82, 2.24) is 19.9 Å². The SMILES string of the molecule is COCC(=O)N1CCN(c2cnc(-c3ccc(F)cc3F)c(-c3ccncc3Cl)n2)CC1. The van der Waals surface area contributed by atoms with E-state index in [1.807, 2.05) is 4.90 Å². The van der Waals surface area contributed by atoms with E-state index in [4.69, 9.17) is 21.3 Å². The van der Waals surface area contributed by atoms with Gasteiger partial charge in [0.2, 0.25) is 5.91 Å². The summed E-state index contributed by atoms with van der Waals surface area (Å²) in [6.45, 7) is 2.19. The predicted molar refractivity (Wildman–Crippen MR) is 116 cm³/mol. The number of aromatic nitrogens is 3. The minimum atomic E-state index is -0.747. The molecule has 10 heteroatoms. The molecule has 166 valence electrons. The topological polar surface area (TPSA) is 71.5 Å². The zero-order chi connectivity index (χ0) is 22.7. The van der Waals surface area contributed by atoms with Crippen molar-refractivity contribution in [3.8, 4) is 22.5 Å². The second-order valence-electron chi connectivity index (χ2n) is 7.21. The standard InChI is InChI=1S/C22H20ClF2N5O2/c1-32-13-20(31)30-8-6-29(7-9-30)19-12-27-21(16-3-2-14(24)10-18(16)25)22(28-19)15-4-5-26-11-17(15)23/h2-5,10-12H,6-9,13H2,1H3. The highest BCUT2D eigenvalue weighted by Gasteiger charge is 2.24. The fourth-order valence-corrected chi connectivity index (χ4v) is 3.77. The summed E-state index contributed by atoms with van der Waals surface area (Å²) < 4.78 is 32.9. The van der Waals surface area contributed by atoms with E-state index in [-0.39, 0.29) is 23.8 Å². The molecule has 0 atom stereocenters. The molecule has 4 rings (SSSR count). The summed E-state index contributed by atoms with van der Waals surface area (Å²) in [6, 6.07) is 4.97. The number of ether oxygens (including phenoxy) is 1. The Morgan fingerprint density at radius 2 is 1.88 bits per heavy atom. The van der Waals surface area contributed by atoms with Gasteiger partial charge in [-0.1, -0.05) is 11.6 Å². The van der Waals surface area contributed by atoms with Gasteiger partial charge in [0.05, 0.1) is 16.9 Å². The number of hydrogen-bond donors (Lipinski definition) is 0. The molecule has 0 radical (unpaired) electrons. The smallest absolute Gasteiger partial charge is 0.248 e. The molecular weight excluding hydrogens is 440 g/mol. The molecule has 1 fully saturated rings. The molecule has 3 aromatic rings. The maximum Gasteiger partial charge on any atom is 0.248 e. The average molecular weight is 460 g/mol. The van der Waals surface area contributed by atoms with Gasteiger partial charge in [-0.25, -0.2) is 18.7 Å². The monoisotopic (exact) mass is 459 g/mol. The van der Waals surface area contributed by atoms with E-state index in [2.05, 4.69) is 9.97 Å². The first-order chi connectivity index (χ1) is 15.5. The van der Waals surface area contributed by atoms with Crippen molar-refractivity contribution in [2.24, 2.45) is 0 Å². The Labute approximate surface area is 188 Å². The summed E-state index contributed by atoms with van der Waals surface area (Å²) in [5.74, 6) is -0.924. The number of anilines is 1. The third-order valence-electron chi connectivity index (χ3n) is 5.20. The maximum atomic E-state index is 14.6. The third kappa shape index (κ3) is 4.53. The summed E-state index contributed by atoms with van der Waals surface area (Å²) in [7, 11) is 1.49. The second kappa shape index (κ2) is 9.54. The van der Waals surface area contributed by atoms with Crippen LogP contribution in [0.5, 0.6) is 0 Å². The van der Waals surface area contributed by atoms with Crippen LogP contribution in [0.15, 0.2) is 42.9 Å². The zero-order valence-corrected chi connectivity index (χ0v) is 18.0. The summed E-state index contributed by atoms with van der Waals surface area (Å²) in [5.41, 5.74) is 1.25. The fraction of sp³-hybridized carbons (Fsp3) is 0.273. The molecule has 0 aliphatic carbocycles. The molecule has 1 amide bonds. The van der Waals surface area contributed by atoms with Crippen LogP contribution in [0.3, 0.4) is 0 Å². The van der Waals surface area contributed by atoms with E-state index in [0.717, 1.165) is 6.07 Å². The van der Waals surface area contributed by atoms with Crippen LogP contribution in [-0.4, -0.2) is 65.7 Å². The first kappa shape index (κ1) is 22.0. The number of rotatable bonds is 5. The van der Waals surface area contributed by atoms with Crippen LogP contribution in [0.4, 0.5) is 14.6 Å². The molecular formula is C22H20ClF2N5O2. The van der Waals surface area contributed by atoms with Gasteiger partial charge in [-0.2, -0.15) is 0 Å². The van der Waals surface area contributed by atoms with Crippen LogP contribution >= 0.6 is 11.6 Å². The Bertz CT molecular complexity index is 1140. The lowest BCUT2D eigenvalue weighted by Gasteiger charge is -2.35. The number of pyridine rings is 1. The molecule has 0 saturated carbocycles. The van der Waals surface area contributed by atoms with E-state index in [1.54, 1.807) is 23.4 Å². The van der Waals surface area contributed by atoms with Crippen LogP contribution in [0.2, 0.25) is 5.02 Å². The van der Waals surface area contributed by atoms with Gasteiger partial charge >= 0.3 is 0 Å². The molecule has 1 aliphatic heterocycles. The molecule has 1 aliphatic rings. The van der Waals surface area contributed by atoms with Gasteiger partial charge < -0.3 is 14.5 Å². The molecule has 0 spiro atoms. The summed E-state index contributed by atoms with van der Waals surface area (Å²) in [4.78, 5) is 29.0. The normalized spacial score (nSPS) is 14.0. The Hall–Kier alpha value is -3.17. The molecule has 1 aromatic carbocycles. The molecule has 0 bridgehead atoms. The number of carbonyl (C=O) groups excluding carboxylic acids is 1. The highest BCUT2D eigenvalue weighted by Crippen LogP contribution is 2.35. The molecule has 32 heavy (non-hydrogen) atoms. The number of methoxy groups -OCH3 is 1. The molecule has 0 N–H and O–H groups in total. The number of benzene rings is 1. The summed E-state index contributed by atoms with van der Waals surface area (Å²) >= 11 is 6.35. The molecule has 7 nitrogen and oxygen atoms in total. The van der Waals surface area contributed by atoms with Crippen molar-refractivity contribution < 1.29 is 18.3 Å². The first-order valence-electron chi connectivity index (χ1n) is 9.92.